The zero-order valence-corrected chi connectivity index (χ0v) is 10.7. The predicted octanol–water partition coefficient (Wildman–Crippen LogP) is 1.64. The maximum Gasteiger partial charge on any atom is 0.137 e. The number of likely N-dealkylation sites (N-methyl/N-ethyl adjacent to an activating group) is 1. The van der Waals surface area contributed by atoms with Gasteiger partial charge in [0, 0.05) is 25.2 Å². The molecule has 5 heteroatoms. The van der Waals surface area contributed by atoms with Crippen LogP contribution in [0.2, 0.25) is 0 Å². The fourth-order valence-electron chi connectivity index (χ4n) is 2.78. The van der Waals surface area contributed by atoms with Gasteiger partial charge in [-0.2, -0.15) is 10.4 Å². The minimum Gasteiger partial charge on any atom is -0.383 e. The summed E-state index contributed by atoms with van der Waals surface area (Å²) < 4.78 is 0. The first kappa shape index (κ1) is 11.6. The highest BCUT2D eigenvalue weighted by Gasteiger charge is 2.27. The van der Waals surface area contributed by atoms with Crippen LogP contribution in [0.5, 0.6) is 0 Å². The van der Waals surface area contributed by atoms with Crippen molar-refractivity contribution in [1.82, 2.24) is 10.2 Å². The van der Waals surface area contributed by atoms with Gasteiger partial charge in [-0.1, -0.05) is 18.2 Å². The number of H-pyrrole nitrogens is 1. The van der Waals surface area contributed by atoms with Crippen LogP contribution in [-0.2, 0) is 6.42 Å². The number of hydrogen-bond acceptors (Lipinski definition) is 4. The van der Waals surface area contributed by atoms with Gasteiger partial charge in [-0.25, -0.2) is 0 Å². The number of nitrogens with two attached hydrogens (primary N) is 1. The van der Waals surface area contributed by atoms with Crippen molar-refractivity contribution in [3.8, 4) is 6.07 Å². The standard InChI is InChI=1S/C14H15N5/c1-19-8-10(6-9-4-2-3-5-12(9)19)13-11(7-15)14(16)18-17-13/h2-5,10H,6,8H2,1H3,(H3,16,17,18). The van der Waals surface area contributed by atoms with E-state index in [0.29, 0.717) is 11.4 Å². The maximum atomic E-state index is 9.18. The molecule has 1 unspecified atom stereocenters. The second-order valence-electron chi connectivity index (χ2n) is 4.92. The number of nitrogens with zero attached hydrogens (tertiary/aromatic N) is 3. The summed E-state index contributed by atoms with van der Waals surface area (Å²) in [5.74, 6) is 0.558. The zero-order valence-electron chi connectivity index (χ0n) is 10.7. The topological polar surface area (TPSA) is 81.7 Å². The average Bonchev–Trinajstić information content (AvgIpc) is 2.80. The highest BCUT2D eigenvalue weighted by molar-refractivity contribution is 5.58. The Balaban J connectivity index is 2.00. The van der Waals surface area contributed by atoms with Crippen molar-refractivity contribution in [3.63, 3.8) is 0 Å². The van der Waals surface area contributed by atoms with Crippen LogP contribution in [0.4, 0.5) is 11.5 Å². The summed E-state index contributed by atoms with van der Waals surface area (Å²) in [6, 6.07) is 10.5. The minimum atomic E-state index is 0.197. The van der Waals surface area contributed by atoms with Crippen molar-refractivity contribution in [2.45, 2.75) is 12.3 Å². The number of nitrogens with one attached hydrogen (secondary N) is 1. The number of rotatable bonds is 1. The Morgan fingerprint density at radius 1 is 1.47 bits per heavy atom. The molecule has 1 aromatic carbocycles. The van der Waals surface area contributed by atoms with Gasteiger partial charge in [-0.15, -0.1) is 0 Å². The van der Waals surface area contributed by atoms with E-state index < -0.39 is 0 Å². The minimum absolute atomic E-state index is 0.197. The first-order chi connectivity index (χ1) is 9.20. The Morgan fingerprint density at radius 2 is 2.26 bits per heavy atom. The number of para-hydroxylation sites is 1. The first-order valence-corrected chi connectivity index (χ1v) is 6.23. The van der Waals surface area contributed by atoms with Gasteiger partial charge in [0.25, 0.3) is 0 Å². The van der Waals surface area contributed by atoms with Gasteiger partial charge in [0.15, 0.2) is 0 Å². The second kappa shape index (κ2) is 4.32. The molecule has 2 heterocycles. The number of nitriles is 1. The molecule has 0 fully saturated rings. The van der Waals surface area contributed by atoms with E-state index in [2.05, 4.69) is 40.3 Å². The smallest absolute Gasteiger partial charge is 0.137 e. The van der Waals surface area contributed by atoms with E-state index in [-0.39, 0.29) is 5.92 Å². The molecule has 1 aromatic heterocycles. The van der Waals surface area contributed by atoms with Crippen LogP contribution < -0.4 is 10.6 Å². The Morgan fingerprint density at radius 3 is 3.05 bits per heavy atom. The van der Waals surface area contributed by atoms with E-state index in [1.54, 1.807) is 0 Å². The SMILES string of the molecule is CN1CC(c2n[nH]c(N)c2C#N)Cc2ccccc21. The van der Waals surface area contributed by atoms with Gasteiger partial charge in [0.2, 0.25) is 0 Å². The van der Waals surface area contributed by atoms with Gasteiger partial charge in [-0.05, 0) is 18.1 Å². The lowest BCUT2D eigenvalue weighted by molar-refractivity contribution is 0.619. The molecule has 3 rings (SSSR count). The molecule has 5 nitrogen and oxygen atoms in total. The summed E-state index contributed by atoms with van der Waals surface area (Å²) in [6.45, 7) is 0.843. The lowest BCUT2D eigenvalue weighted by Crippen LogP contribution is -2.31. The summed E-state index contributed by atoms with van der Waals surface area (Å²) in [5.41, 5.74) is 9.53. The largest absolute Gasteiger partial charge is 0.383 e. The van der Waals surface area contributed by atoms with E-state index in [9.17, 15) is 5.26 Å². The molecule has 0 spiro atoms. The van der Waals surface area contributed by atoms with Crippen LogP contribution in [0.25, 0.3) is 0 Å². The van der Waals surface area contributed by atoms with Gasteiger partial charge in [0.1, 0.15) is 17.5 Å². The molecule has 0 saturated carbocycles. The molecule has 1 aliphatic rings. The third-order valence-corrected chi connectivity index (χ3v) is 3.68. The average molecular weight is 253 g/mol. The zero-order chi connectivity index (χ0) is 13.4. The highest BCUT2D eigenvalue weighted by Crippen LogP contribution is 2.34. The Kier molecular flexibility index (Phi) is 2.64. The summed E-state index contributed by atoms with van der Waals surface area (Å²) in [5, 5.41) is 16.1. The van der Waals surface area contributed by atoms with Crippen LogP contribution in [0.15, 0.2) is 24.3 Å². The monoisotopic (exact) mass is 253 g/mol. The van der Waals surface area contributed by atoms with Crippen LogP contribution >= 0.6 is 0 Å². The van der Waals surface area contributed by atoms with Crippen LogP contribution in [0, 0.1) is 11.3 Å². The van der Waals surface area contributed by atoms with Crippen LogP contribution in [0.3, 0.4) is 0 Å². The van der Waals surface area contributed by atoms with Crippen LogP contribution in [0.1, 0.15) is 22.7 Å². The van der Waals surface area contributed by atoms with Crippen LogP contribution in [-0.4, -0.2) is 23.8 Å². The molecule has 1 atom stereocenters. The number of aromatic nitrogens is 2. The quantitative estimate of drug-likeness (QED) is 0.809. The molecule has 0 bridgehead atoms. The molecule has 0 aliphatic carbocycles. The fraction of sp³-hybridized carbons (Fsp3) is 0.286. The van der Waals surface area contributed by atoms with E-state index in [1.165, 1.54) is 11.3 Å². The summed E-state index contributed by atoms with van der Waals surface area (Å²) in [4.78, 5) is 2.20. The lowest BCUT2D eigenvalue weighted by atomic mass is 9.89. The van der Waals surface area contributed by atoms with Crippen molar-refractivity contribution in [2.24, 2.45) is 0 Å². The van der Waals surface area contributed by atoms with E-state index in [0.717, 1.165) is 18.7 Å². The second-order valence-corrected chi connectivity index (χ2v) is 4.92. The Bertz CT molecular complexity index is 652. The van der Waals surface area contributed by atoms with Crippen molar-refractivity contribution in [3.05, 3.63) is 41.1 Å². The summed E-state index contributed by atoms with van der Waals surface area (Å²) in [7, 11) is 2.06. The molecule has 0 radical (unpaired) electrons. The Labute approximate surface area is 111 Å². The van der Waals surface area contributed by atoms with Gasteiger partial charge in [0.05, 0.1) is 5.69 Å². The van der Waals surface area contributed by atoms with E-state index >= 15 is 0 Å². The summed E-state index contributed by atoms with van der Waals surface area (Å²) >= 11 is 0. The van der Waals surface area contributed by atoms with Crippen molar-refractivity contribution in [2.75, 3.05) is 24.2 Å². The summed E-state index contributed by atoms with van der Waals surface area (Å²) in [6.07, 6.45) is 0.888. The molecule has 2 aromatic rings. The fourth-order valence-corrected chi connectivity index (χ4v) is 2.78. The third-order valence-electron chi connectivity index (χ3n) is 3.68. The van der Waals surface area contributed by atoms with Crippen molar-refractivity contribution < 1.29 is 0 Å². The maximum absolute atomic E-state index is 9.18. The van der Waals surface area contributed by atoms with Gasteiger partial charge >= 0.3 is 0 Å². The van der Waals surface area contributed by atoms with Crippen molar-refractivity contribution in [1.29, 1.82) is 5.26 Å². The third kappa shape index (κ3) is 1.82. The number of benzene rings is 1. The molecule has 0 saturated heterocycles. The first-order valence-electron chi connectivity index (χ1n) is 6.23. The number of anilines is 2. The Hall–Kier alpha value is -2.48. The highest BCUT2D eigenvalue weighted by atomic mass is 15.2. The molecule has 3 N–H and O–H groups in total. The number of nitrogen functional groups attached to an aromatic ring is 1. The molecular weight excluding hydrogens is 238 g/mol. The number of fused-ring (bicyclic) bond motifs is 1. The van der Waals surface area contributed by atoms with E-state index in [1.807, 2.05) is 12.1 Å². The van der Waals surface area contributed by atoms with Gasteiger partial charge in [-0.3, -0.25) is 5.10 Å². The lowest BCUT2D eigenvalue weighted by Gasteiger charge is -2.32. The van der Waals surface area contributed by atoms with Gasteiger partial charge < -0.3 is 10.6 Å². The molecule has 1 aliphatic heterocycles. The predicted molar refractivity (Wildman–Crippen MR) is 73.9 cm³/mol. The molecule has 96 valence electrons. The number of hydrogen-bond donors (Lipinski definition) is 2. The molecule has 0 amide bonds. The normalized spacial score (nSPS) is 17.9. The number of aromatic amines is 1. The van der Waals surface area contributed by atoms with E-state index in [4.69, 9.17) is 5.73 Å². The molecule has 19 heavy (non-hydrogen) atoms. The molecular formula is C14H15N5. The van der Waals surface area contributed by atoms with Crippen molar-refractivity contribution >= 4 is 11.5 Å².